The SMILES string of the molecule is CCCNCc1cncn1C(CC(C)C)CN(C)C. The summed E-state index contributed by atoms with van der Waals surface area (Å²) in [5, 5.41) is 3.46. The summed E-state index contributed by atoms with van der Waals surface area (Å²) in [6.07, 6.45) is 6.34. The van der Waals surface area contributed by atoms with Crippen molar-refractivity contribution in [1.82, 2.24) is 19.8 Å². The Balaban J connectivity index is 2.74. The third-order valence-corrected chi connectivity index (χ3v) is 3.19. The number of likely N-dealkylation sites (N-methyl/N-ethyl adjacent to an activating group) is 1. The second kappa shape index (κ2) is 8.33. The van der Waals surface area contributed by atoms with Crippen molar-refractivity contribution in [1.29, 1.82) is 0 Å². The molecule has 4 nitrogen and oxygen atoms in total. The lowest BCUT2D eigenvalue weighted by Crippen LogP contribution is -2.27. The molecule has 1 heterocycles. The molecule has 0 saturated carbocycles. The average Bonchev–Trinajstić information content (AvgIpc) is 2.75. The van der Waals surface area contributed by atoms with Crippen LogP contribution in [0.3, 0.4) is 0 Å². The van der Waals surface area contributed by atoms with Crippen LogP contribution in [-0.2, 0) is 6.54 Å². The van der Waals surface area contributed by atoms with Gasteiger partial charge in [-0.1, -0.05) is 20.8 Å². The summed E-state index contributed by atoms with van der Waals surface area (Å²) in [7, 11) is 4.28. The molecule has 1 atom stereocenters. The molecule has 0 aliphatic carbocycles. The monoisotopic (exact) mass is 266 g/mol. The topological polar surface area (TPSA) is 33.1 Å². The fourth-order valence-electron chi connectivity index (χ4n) is 2.43. The molecule has 0 fully saturated rings. The second-order valence-corrected chi connectivity index (χ2v) is 6.01. The van der Waals surface area contributed by atoms with Crippen LogP contribution in [0.25, 0.3) is 0 Å². The van der Waals surface area contributed by atoms with Gasteiger partial charge in [0, 0.05) is 25.3 Å². The molecule has 0 aromatic carbocycles. The van der Waals surface area contributed by atoms with E-state index in [1.165, 1.54) is 18.5 Å². The quantitative estimate of drug-likeness (QED) is 0.697. The van der Waals surface area contributed by atoms with Crippen LogP contribution in [0.4, 0.5) is 0 Å². The Bertz CT molecular complexity index is 334. The highest BCUT2D eigenvalue weighted by molar-refractivity contribution is 5.00. The summed E-state index contributed by atoms with van der Waals surface area (Å²) in [5.74, 6) is 0.698. The van der Waals surface area contributed by atoms with Crippen LogP contribution in [0.2, 0.25) is 0 Å². The smallest absolute Gasteiger partial charge is 0.0951 e. The molecule has 0 radical (unpaired) electrons. The molecule has 110 valence electrons. The normalized spacial score (nSPS) is 13.4. The maximum absolute atomic E-state index is 4.34. The van der Waals surface area contributed by atoms with E-state index < -0.39 is 0 Å². The van der Waals surface area contributed by atoms with Crippen molar-refractivity contribution in [2.24, 2.45) is 5.92 Å². The van der Waals surface area contributed by atoms with Crippen molar-refractivity contribution in [3.05, 3.63) is 18.2 Å². The highest BCUT2D eigenvalue weighted by Crippen LogP contribution is 2.20. The zero-order chi connectivity index (χ0) is 14.3. The third-order valence-electron chi connectivity index (χ3n) is 3.19. The molecule has 0 spiro atoms. The van der Waals surface area contributed by atoms with Crippen LogP contribution < -0.4 is 5.32 Å². The number of aromatic nitrogens is 2. The van der Waals surface area contributed by atoms with E-state index in [-0.39, 0.29) is 0 Å². The van der Waals surface area contributed by atoms with Gasteiger partial charge < -0.3 is 14.8 Å². The van der Waals surface area contributed by atoms with E-state index >= 15 is 0 Å². The van der Waals surface area contributed by atoms with E-state index in [2.05, 4.69) is 54.6 Å². The number of hydrogen-bond donors (Lipinski definition) is 1. The average molecular weight is 266 g/mol. The molecule has 4 heteroatoms. The number of imidazole rings is 1. The first-order valence-corrected chi connectivity index (χ1v) is 7.40. The lowest BCUT2D eigenvalue weighted by Gasteiger charge is -2.26. The summed E-state index contributed by atoms with van der Waals surface area (Å²) in [6.45, 7) is 9.81. The Labute approximate surface area is 118 Å². The second-order valence-electron chi connectivity index (χ2n) is 6.01. The first-order valence-electron chi connectivity index (χ1n) is 7.40. The lowest BCUT2D eigenvalue weighted by molar-refractivity contribution is 0.284. The van der Waals surface area contributed by atoms with Gasteiger partial charge in [-0.25, -0.2) is 4.98 Å². The number of hydrogen-bond acceptors (Lipinski definition) is 3. The summed E-state index contributed by atoms with van der Waals surface area (Å²) in [5.41, 5.74) is 1.29. The van der Waals surface area contributed by atoms with Crippen LogP contribution in [0.1, 0.15) is 45.3 Å². The molecule has 19 heavy (non-hydrogen) atoms. The van der Waals surface area contributed by atoms with E-state index in [9.17, 15) is 0 Å². The maximum atomic E-state index is 4.34. The molecule has 0 saturated heterocycles. The summed E-state index contributed by atoms with van der Waals surface area (Å²) >= 11 is 0. The first-order chi connectivity index (χ1) is 9.04. The summed E-state index contributed by atoms with van der Waals surface area (Å²) in [4.78, 5) is 6.60. The van der Waals surface area contributed by atoms with Crippen LogP contribution in [-0.4, -0.2) is 41.6 Å². The fraction of sp³-hybridized carbons (Fsp3) is 0.800. The molecule has 0 bridgehead atoms. The van der Waals surface area contributed by atoms with Gasteiger partial charge in [0.15, 0.2) is 0 Å². The van der Waals surface area contributed by atoms with Gasteiger partial charge in [0.05, 0.1) is 12.0 Å². The largest absolute Gasteiger partial charge is 0.329 e. The Morgan fingerprint density at radius 2 is 2.11 bits per heavy atom. The van der Waals surface area contributed by atoms with Crippen molar-refractivity contribution in [3.8, 4) is 0 Å². The minimum atomic E-state index is 0.510. The molecule has 0 aliphatic heterocycles. The maximum Gasteiger partial charge on any atom is 0.0951 e. The van der Waals surface area contributed by atoms with Gasteiger partial charge in [0.25, 0.3) is 0 Å². The number of rotatable bonds is 9. The van der Waals surface area contributed by atoms with Crippen molar-refractivity contribution in [2.45, 2.75) is 46.2 Å². The minimum Gasteiger partial charge on any atom is -0.329 e. The zero-order valence-electron chi connectivity index (χ0n) is 13.2. The van der Waals surface area contributed by atoms with E-state index in [1.54, 1.807) is 0 Å². The fourth-order valence-corrected chi connectivity index (χ4v) is 2.43. The predicted molar refractivity (Wildman–Crippen MR) is 81.3 cm³/mol. The Hall–Kier alpha value is -0.870. The van der Waals surface area contributed by atoms with Crippen LogP contribution in [0.15, 0.2) is 12.5 Å². The van der Waals surface area contributed by atoms with Gasteiger partial charge in [-0.3, -0.25) is 0 Å². The molecule has 1 aromatic rings. The molecule has 0 amide bonds. The molecular formula is C15H30N4. The highest BCUT2D eigenvalue weighted by Gasteiger charge is 2.16. The van der Waals surface area contributed by atoms with Crippen LogP contribution in [0, 0.1) is 5.92 Å². The van der Waals surface area contributed by atoms with Crippen molar-refractivity contribution in [3.63, 3.8) is 0 Å². The Morgan fingerprint density at radius 3 is 2.68 bits per heavy atom. The molecule has 1 aromatic heterocycles. The summed E-state index contributed by atoms with van der Waals surface area (Å²) in [6, 6.07) is 0.510. The highest BCUT2D eigenvalue weighted by atomic mass is 15.2. The number of nitrogens with one attached hydrogen (secondary N) is 1. The molecule has 0 aliphatic rings. The molecule has 1 rings (SSSR count). The zero-order valence-corrected chi connectivity index (χ0v) is 13.2. The van der Waals surface area contributed by atoms with E-state index in [1.807, 2.05) is 12.5 Å². The Kier molecular flexibility index (Phi) is 7.10. The third kappa shape index (κ3) is 5.74. The predicted octanol–water partition coefficient (Wildman–Crippen LogP) is 2.53. The number of nitrogens with zero attached hydrogens (tertiary/aromatic N) is 3. The Morgan fingerprint density at radius 1 is 1.37 bits per heavy atom. The summed E-state index contributed by atoms with van der Waals surface area (Å²) < 4.78 is 2.35. The van der Waals surface area contributed by atoms with Crippen LogP contribution >= 0.6 is 0 Å². The van der Waals surface area contributed by atoms with Gasteiger partial charge in [-0.2, -0.15) is 0 Å². The van der Waals surface area contributed by atoms with Crippen molar-refractivity contribution < 1.29 is 0 Å². The molecule has 1 unspecified atom stereocenters. The standard InChI is InChI=1S/C15H30N4/c1-6-7-16-9-15-10-17-12-19(15)14(8-13(2)3)11-18(4)5/h10,12-14,16H,6-9,11H2,1-5H3. The first kappa shape index (κ1) is 16.2. The van der Waals surface area contributed by atoms with Crippen molar-refractivity contribution in [2.75, 3.05) is 27.2 Å². The van der Waals surface area contributed by atoms with Gasteiger partial charge >= 0.3 is 0 Å². The lowest BCUT2D eigenvalue weighted by atomic mass is 10.0. The molecule has 1 N–H and O–H groups in total. The molecular weight excluding hydrogens is 236 g/mol. The van der Waals surface area contributed by atoms with Gasteiger partial charge in [-0.05, 0) is 39.4 Å². The minimum absolute atomic E-state index is 0.510. The van der Waals surface area contributed by atoms with Crippen LogP contribution in [0.5, 0.6) is 0 Å². The van der Waals surface area contributed by atoms with E-state index in [0.717, 1.165) is 19.6 Å². The van der Waals surface area contributed by atoms with Gasteiger partial charge in [0.1, 0.15) is 0 Å². The van der Waals surface area contributed by atoms with Gasteiger partial charge in [-0.15, -0.1) is 0 Å². The van der Waals surface area contributed by atoms with Crippen molar-refractivity contribution >= 4 is 0 Å². The van der Waals surface area contributed by atoms with E-state index in [4.69, 9.17) is 0 Å². The van der Waals surface area contributed by atoms with Gasteiger partial charge in [0.2, 0.25) is 0 Å². The van der Waals surface area contributed by atoms with E-state index in [0.29, 0.717) is 12.0 Å².